The second-order valence-electron chi connectivity index (χ2n) is 4.90. The summed E-state index contributed by atoms with van der Waals surface area (Å²) in [7, 11) is 0. The van der Waals surface area contributed by atoms with Crippen molar-refractivity contribution in [3.05, 3.63) is 0 Å². The van der Waals surface area contributed by atoms with Gasteiger partial charge in [-0.3, -0.25) is 0 Å². The van der Waals surface area contributed by atoms with Gasteiger partial charge in [-0.05, 0) is 51.1 Å². The van der Waals surface area contributed by atoms with Crippen molar-refractivity contribution >= 4 is 0 Å². The molecule has 1 N–H and O–H groups in total. The second-order valence-corrected chi connectivity index (χ2v) is 4.90. The highest BCUT2D eigenvalue weighted by Crippen LogP contribution is 2.37. The van der Waals surface area contributed by atoms with Crippen LogP contribution in [0.5, 0.6) is 0 Å². The topological polar surface area (TPSA) is 45.0 Å². The average molecular weight is 208 g/mol. The van der Waals surface area contributed by atoms with Crippen LogP contribution in [0.2, 0.25) is 0 Å². The van der Waals surface area contributed by atoms with Gasteiger partial charge in [-0.25, -0.2) is 0 Å². The minimum Gasteiger partial charge on any atom is -0.381 e. The molecule has 0 aromatic carbocycles. The molecule has 0 amide bonds. The van der Waals surface area contributed by atoms with Crippen LogP contribution in [0, 0.1) is 22.7 Å². The van der Waals surface area contributed by atoms with Gasteiger partial charge in [-0.15, -0.1) is 0 Å². The number of piperidine rings is 1. The molecule has 0 aromatic rings. The normalized spacial score (nSPS) is 27.1. The van der Waals surface area contributed by atoms with Crippen LogP contribution < -0.4 is 5.32 Å². The molecule has 3 nitrogen and oxygen atoms in total. The molecule has 2 fully saturated rings. The van der Waals surface area contributed by atoms with E-state index in [1.807, 2.05) is 0 Å². The number of nitrogens with one attached hydrogen (secondary N) is 1. The fourth-order valence-electron chi connectivity index (χ4n) is 2.77. The van der Waals surface area contributed by atoms with Crippen molar-refractivity contribution in [1.29, 1.82) is 5.26 Å². The number of rotatable bonds is 2. The van der Waals surface area contributed by atoms with Gasteiger partial charge < -0.3 is 10.1 Å². The SMILES string of the molecule is N#CC1(CC2CCOCC2)CCNCC1. The third kappa shape index (κ3) is 2.70. The van der Waals surface area contributed by atoms with Gasteiger partial charge in [0, 0.05) is 13.2 Å². The van der Waals surface area contributed by atoms with Crippen molar-refractivity contribution in [2.75, 3.05) is 26.3 Å². The van der Waals surface area contributed by atoms with E-state index in [9.17, 15) is 5.26 Å². The van der Waals surface area contributed by atoms with Gasteiger partial charge in [0.25, 0.3) is 0 Å². The van der Waals surface area contributed by atoms with Crippen LogP contribution in [0.1, 0.15) is 32.1 Å². The standard InChI is InChI=1S/C12H20N2O/c13-10-12(3-5-14-6-4-12)9-11-1-7-15-8-2-11/h11,14H,1-9H2. The van der Waals surface area contributed by atoms with E-state index < -0.39 is 0 Å². The van der Waals surface area contributed by atoms with Crippen LogP contribution in [0.25, 0.3) is 0 Å². The smallest absolute Gasteiger partial charge is 0.0690 e. The molecule has 0 unspecified atom stereocenters. The van der Waals surface area contributed by atoms with Gasteiger partial charge >= 0.3 is 0 Å². The Kier molecular flexibility index (Phi) is 3.61. The van der Waals surface area contributed by atoms with Gasteiger partial charge in [0.15, 0.2) is 0 Å². The highest BCUT2D eigenvalue weighted by atomic mass is 16.5. The van der Waals surface area contributed by atoms with E-state index in [1.165, 1.54) is 0 Å². The molecular formula is C12H20N2O. The maximum atomic E-state index is 9.36. The third-order valence-electron chi connectivity index (χ3n) is 3.82. The Morgan fingerprint density at radius 3 is 2.53 bits per heavy atom. The van der Waals surface area contributed by atoms with Gasteiger partial charge in [-0.1, -0.05) is 0 Å². The first-order valence-corrected chi connectivity index (χ1v) is 6.04. The highest BCUT2D eigenvalue weighted by Gasteiger charge is 2.34. The number of hydrogen-bond acceptors (Lipinski definition) is 3. The summed E-state index contributed by atoms with van der Waals surface area (Å²) in [5, 5.41) is 12.7. The van der Waals surface area contributed by atoms with E-state index in [-0.39, 0.29) is 5.41 Å². The van der Waals surface area contributed by atoms with Crippen LogP contribution in [-0.2, 0) is 4.74 Å². The van der Waals surface area contributed by atoms with Crippen molar-refractivity contribution in [2.45, 2.75) is 32.1 Å². The molecule has 15 heavy (non-hydrogen) atoms. The summed E-state index contributed by atoms with van der Waals surface area (Å²) in [5.74, 6) is 0.719. The monoisotopic (exact) mass is 208 g/mol. The lowest BCUT2D eigenvalue weighted by atomic mass is 9.72. The zero-order valence-electron chi connectivity index (χ0n) is 9.30. The number of nitrogens with zero attached hydrogens (tertiary/aromatic N) is 1. The van der Waals surface area contributed by atoms with Crippen LogP contribution in [0.4, 0.5) is 0 Å². The van der Waals surface area contributed by atoms with Gasteiger partial charge in [0.1, 0.15) is 0 Å². The quantitative estimate of drug-likeness (QED) is 0.751. The van der Waals surface area contributed by atoms with Crippen LogP contribution in [-0.4, -0.2) is 26.3 Å². The van der Waals surface area contributed by atoms with Gasteiger partial charge in [0.05, 0.1) is 11.5 Å². The Hall–Kier alpha value is -0.590. The number of nitriles is 1. The number of ether oxygens (including phenoxy) is 1. The summed E-state index contributed by atoms with van der Waals surface area (Å²) in [6, 6.07) is 2.58. The Labute approximate surface area is 91.8 Å². The Morgan fingerprint density at radius 1 is 1.27 bits per heavy atom. The first-order chi connectivity index (χ1) is 7.35. The van der Waals surface area contributed by atoms with Crippen LogP contribution in [0.3, 0.4) is 0 Å². The first kappa shape index (κ1) is 10.9. The maximum Gasteiger partial charge on any atom is 0.0690 e. The maximum absolute atomic E-state index is 9.36. The van der Waals surface area contributed by atoms with E-state index in [0.717, 1.165) is 64.3 Å². The lowest BCUT2D eigenvalue weighted by Crippen LogP contribution is -2.37. The summed E-state index contributed by atoms with van der Waals surface area (Å²) in [5.41, 5.74) is -0.0345. The molecule has 0 atom stereocenters. The zero-order chi connectivity index (χ0) is 10.6. The van der Waals surface area contributed by atoms with Gasteiger partial charge in [-0.2, -0.15) is 5.26 Å². The fraction of sp³-hybridized carbons (Fsp3) is 0.917. The molecular weight excluding hydrogens is 188 g/mol. The van der Waals surface area contributed by atoms with Crippen LogP contribution >= 0.6 is 0 Å². The molecule has 2 aliphatic heterocycles. The Balaban J connectivity index is 1.91. The minimum atomic E-state index is -0.0345. The zero-order valence-corrected chi connectivity index (χ0v) is 9.30. The molecule has 2 heterocycles. The summed E-state index contributed by atoms with van der Waals surface area (Å²) in [6.45, 7) is 3.81. The van der Waals surface area contributed by atoms with Gasteiger partial charge in [0.2, 0.25) is 0 Å². The summed E-state index contributed by atoms with van der Waals surface area (Å²) in [4.78, 5) is 0. The molecule has 0 aromatic heterocycles. The minimum absolute atomic E-state index is 0.0345. The predicted octanol–water partition coefficient (Wildman–Crippen LogP) is 1.70. The predicted molar refractivity (Wildman–Crippen MR) is 58.3 cm³/mol. The van der Waals surface area contributed by atoms with Crippen molar-refractivity contribution in [2.24, 2.45) is 11.3 Å². The molecule has 0 spiro atoms. The van der Waals surface area contributed by atoms with E-state index in [4.69, 9.17) is 4.74 Å². The summed E-state index contributed by atoms with van der Waals surface area (Å²) >= 11 is 0. The molecule has 0 radical (unpaired) electrons. The summed E-state index contributed by atoms with van der Waals surface area (Å²) < 4.78 is 5.36. The Bertz CT molecular complexity index is 234. The fourth-order valence-corrected chi connectivity index (χ4v) is 2.77. The van der Waals surface area contributed by atoms with Crippen molar-refractivity contribution in [3.63, 3.8) is 0 Å². The van der Waals surface area contributed by atoms with Crippen molar-refractivity contribution in [3.8, 4) is 6.07 Å². The van der Waals surface area contributed by atoms with Crippen molar-refractivity contribution < 1.29 is 4.74 Å². The van der Waals surface area contributed by atoms with E-state index in [2.05, 4.69) is 11.4 Å². The van der Waals surface area contributed by atoms with E-state index >= 15 is 0 Å². The lowest BCUT2D eigenvalue weighted by Gasteiger charge is -2.35. The first-order valence-electron chi connectivity index (χ1n) is 6.04. The lowest BCUT2D eigenvalue weighted by molar-refractivity contribution is 0.0496. The molecule has 2 saturated heterocycles. The second kappa shape index (κ2) is 4.96. The average Bonchev–Trinajstić information content (AvgIpc) is 2.32. The molecule has 0 bridgehead atoms. The largest absolute Gasteiger partial charge is 0.381 e. The third-order valence-corrected chi connectivity index (χ3v) is 3.82. The molecule has 0 aliphatic carbocycles. The Morgan fingerprint density at radius 2 is 1.93 bits per heavy atom. The molecule has 0 saturated carbocycles. The molecule has 2 aliphatic rings. The molecule has 84 valence electrons. The summed E-state index contributed by atoms with van der Waals surface area (Å²) in [6.07, 6.45) is 5.45. The van der Waals surface area contributed by atoms with E-state index in [0.29, 0.717) is 0 Å². The molecule has 3 heteroatoms. The van der Waals surface area contributed by atoms with Crippen molar-refractivity contribution in [1.82, 2.24) is 5.32 Å². The number of hydrogen-bond donors (Lipinski definition) is 1. The highest BCUT2D eigenvalue weighted by molar-refractivity contribution is 5.02. The molecule has 2 rings (SSSR count). The van der Waals surface area contributed by atoms with Crippen LogP contribution in [0.15, 0.2) is 0 Å². The van der Waals surface area contributed by atoms with E-state index in [1.54, 1.807) is 0 Å².